The summed E-state index contributed by atoms with van der Waals surface area (Å²) in [6.07, 6.45) is 2.10. The number of nitrogens with zero attached hydrogens (tertiary/aromatic N) is 2. The minimum absolute atomic E-state index is 0.418. The van der Waals surface area contributed by atoms with E-state index in [1.807, 2.05) is 31.2 Å². The summed E-state index contributed by atoms with van der Waals surface area (Å²) in [6.45, 7) is 1.98. The quantitative estimate of drug-likeness (QED) is 0.760. The topological polar surface area (TPSA) is 72.9 Å². The first kappa shape index (κ1) is 10.2. The maximum absolute atomic E-state index is 10.3. The number of nitrogens with two attached hydrogens (primary N) is 1. The molecule has 1 amide bonds. The van der Waals surface area contributed by atoms with E-state index in [1.165, 1.54) is 6.20 Å². The predicted octanol–water partition coefficient (Wildman–Crippen LogP) is 1.33. The number of carbonyl (C=O) groups excluding carboxylic acids is 1. The van der Waals surface area contributed by atoms with Crippen LogP contribution in [-0.2, 0) is 4.79 Å². The molecule has 0 radical (unpaired) electrons. The Labute approximate surface area is 92.9 Å². The second kappa shape index (κ2) is 4.06. The fourth-order valence-electron chi connectivity index (χ4n) is 1.53. The van der Waals surface area contributed by atoms with Crippen LogP contribution in [0.25, 0.3) is 5.69 Å². The number of hydrogen-bond acceptors (Lipinski definition) is 3. The zero-order valence-corrected chi connectivity index (χ0v) is 8.84. The Kier molecular flexibility index (Phi) is 2.59. The molecule has 0 bridgehead atoms. The fraction of sp³-hybridized carbons (Fsp3) is 0.0909. The Morgan fingerprint density at radius 1 is 1.44 bits per heavy atom. The van der Waals surface area contributed by atoms with Gasteiger partial charge < -0.3 is 11.1 Å². The van der Waals surface area contributed by atoms with Crippen LogP contribution in [0.4, 0.5) is 11.5 Å². The van der Waals surface area contributed by atoms with Crippen LogP contribution in [0.1, 0.15) is 5.56 Å². The zero-order valence-electron chi connectivity index (χ0n) is 8.84. The first-order valence-corrected chi connectivity index (χ1v) is 4.83. The first-order chi connectivity index (χ1) is 7.74. The van der Waals surface area contributed by atoms with Crippen LogP contribution in [0.5, 0.6) is 0 Å². The SMILES string of the molecule is Cc1ccccc1-n1ncc(NC=O)c1N. The van der Waals surface area contributed by atoms with Gasteiger partial charge in [-0.3, -0.25) is 4.79 Å². The van der Waals surface area contributed by atoms with Gasteiger partial charge in [0.25, 0.3) is 0 Å². The summed E-state index contributed by atoms with van der Waals surface area (Å²) in [4.78, 5) is 10.3. The number of amides is 1. The molecule has 0 unspecified atom stereocenters. The van der Waals surface area contributed by atoms with E-state index in [1.54, 1.807) is 4.68 Å². The maximum atomic E-state index is 10.3. The van der Waals surface area contributed by atoms with Crippen LogP contribution in [0.2, 0.25) is 0 Å². The van der Waals surface area contributed by atoms with E-state index in [4.69, 9.17) is 5.73 Å². The van der Waals surface area contributed by atoms with E-state index in [0.717, 1.165) is 11.3 Å². The van der Waals surface area contributed by atoms with Crippen LogP contribution in [0, 0.1) is 6.92 Å². The Balaban J connectivity index is 2.49. The standard InChI is InChI=1S/C11H12N4O/c1-8-4-2-3-5-10(8)15-11(12)9(6-14-15)13-7-16/h2-7H,12H2,1H3,(H,13,16). The van der Waals surface area contributed by atoms with Gasteiger partial charge in [0.05, 0.1) is 11.9 Å². The second-order valence-corrected chi connectivity index (χ2v) is 3.40. The lowest BCUT2D eigenvalue weighted by Gasteiger charge is -2.07. The third-order valence-electron chi connectivity index (χ3n) is 2.36. The zero-order chi connectivity index (χ0) is 11.5. The number of hydrogen-bond donors (Lipinski definition) is 2. The molecule has 1 aromatic heterocycles. The van der Waals surface area contributed by atoms with Crippen molar-refractivity contribution in [3.05, 3.63) is 36.0 Å². The lowest BCUT2D eigenvalue weighted by molar-refractivity contribution is -0.105. The van der Waals surface area contributed by atoms with Crippen molar-refractivity contribution in [2.45, 2.75) is 6.92 Å². The molecule has 1 aromatic carbocycles. The van der Waals surface area contributed by atoms with Crippen LogP contribution in [-0.4, -0.2) is 16.2 Å². The van der Waals surface area contributed by atoms with Gasteiger partial charge >= 0.3 is 0 Å². The predicted molar refractivity (Wildman–Crippen MR) is 62.4 cm³/mol. The molecule has 2 aromatic rings. The molecular formula is C11H12N4O. The summed E-state index contributed by atoms with van der Waals surface area (Å²) in [5.41, 5.74) is 8.35. The van der Waals surface area contributed by atoms with E-state index in [0.29, 0.717) is 17.9 Å². The lowest BCUT2D eigenvalue weighted by atomic mass is 10.2. The molecular weight excluding hydrogens is 204 g/mol. The summed E-state index contributed by atoms with van der Waals surface area (Å²) < 4.78 is 1.60. The van der Waals surface area contributed by atoms with Gasteiger partial charge in [-0.05, 0) is 18.6 Å². The van der Waals surface area contributed by atoms with E-state index in [9.17, 15) is 4.79 Å². The third-order valence-corrected chi connectivity index (χ3v) is 2.36. The number of rotatable bonds is 3. The average Bonchev–Trinajstić information content (AvgIpc) is 2.62. The van der Waals surface area contributed by atoms with Crippen LogP contribution in [0.15, 0.2) is 30.5 Å². The van der Waals surface area contributed by atoms with Crippen molar-refractivity contribution in [3.63, 3.8) is 0 Å². The van der Waals surface area contributed by atoms with Crippen molar-refractivity contribution in [2.24, 2.45) is 0 Å². The Bertz CT molecular complexity index is 518. The van der Waals surface area contributed by atoms with Crippen molar-refractivity contribution in [1.29, 1.82) is 0 Å². The van der Waals surface area contributed by atoms with E-state index >= 15 is 0 Å². The number of nitrogens with one attached hydrogen (secondary N) is 1. The van der Waals surface area contributed by atoms with Gasteiger partial charge in [-0.1, -0.05) is 18.2 Å². The van der Waals surface area contributed by atoms with Crippen LogP contribution < -0.4 is 11.1 Å². The molecule has 5 nitrogen and oxygen atoms in total. The molecule has 82 valence electrons. The normalized spacial score (nSPS) is 10.1. The van der Waals surface area contributed by atoms with E-state index < -0.39 is 0 Å². The fourth-order valence-corrected chi connectivity index (χ4v) is 1.53. The minimum Gasteiger partial charge on any atom is -0.382 e. The van der Waals surface area contributed by atoms with Crippen LogP contribution in [0.3, 0.4) is 0 Å². The van der Waals surface area contributed by atoms with Crippen molar-refractivity contribution in [1.82, 2.24) is 9.78 Å². The van der Waals surface area contributed by atoms with Crippen molar-refractivity contribution in [2.75, 3.05) is 11.1 Å². The number of aromatic nitrogens is 2. The van der Waals surface area contributed by atoms with Gasteiger partial charge in [0.15, 0.2) is 5.82 Å². The molecule has 0 saturated heterocycles. The molecule has 0 fully saturated rings. The Hall–Kier alpha value is -2.30. The largest absolute Gasteiger partial charge is 0.382 e. The van der Waals surface area contributed by atoms with E-state index in [2.05, 4.69) is 10.4 Å². The number of anilines is 2. The number of para-hydroxylation sites is 1. The van der Waals surface area contributed by atoms with Gasteiger partial charge in [-0.25, -0.2) is 4.68 Å². The molecule has 16 heavy (non-hydrogen) atoms. The van der Waals surface area contributed by atoms with Crippen molar-refractivity contribution < 1.29 is 4.79 Å². The molecule has 0 saturated carbocycles. The van der Waals surface area contributed by atoms with Gasteiger partial charge in [0.2, 0.25) is 6.41 Å². The highest BCUT2D eigenvalue weighted by atomic mass is 16.1. The highest BCUT2D eigenvalue weighted by Crippen LogP contribution is 2.22. The maximum Gasteiger partial charge on any atom is 0.211 e. The third kappa shape index (κ3) is 1.63. The monoisotopic (exact) mass is 216 g/mol. The molecule has 0 atom stereocenters. The molecule has 0 aliphatic heterocycles. The molecule has 0 aliphatic rings. The number of carbonyl (C=O) groups is 1. The summed E-state index contributed by atoms with van der Waals surface area (Å²) in [7, 11) is 0. The van der Waals surface area contributed by atoms with Gasteiger partial charge in [-0.2, -0.15) is 5.10 Å². The highest BCUT2D eigenvalue weighted by molar-refractivity contribution is 5.78. The number of nitrogen functional groups attached to an aromatic ring is 1. The lowest BCUT2D eigenvalue weighted by Crippen LogP contribution is -2.05. The Morgan fingerprint density at radius 2 is 2.19 bits per heavy atom. The second-order valence-electron chi connectivity index (χ2n) is 3.40. The smallest absolute Gasteiger partial charge is 0.211 e. The molecule has 5 heteroatoms. The number of aryl methyl sites for hydroxylation is 1. The number of benzene rings is 1. The van der Waals surface area contributed by atoms with Crippen molar-refractivity contribution in [3.8, 4) is 5.69 Å². The molecule has 0 aliphatic carbocycles. The summed E-state index contributed by atoms with van der Waals surface area (Å²) >= 11 is 0. The van der Waals surface area contributed by atoms with E-state index in [-0.39, 0.29) is 0 Å². The summed E-state index contributed by atoms with van der Waals surface area (Å²) in [5, 5.41) is 6.63. The summed E-state index contributed by atoms with van der Waals surface area (Å²) in [5.74, 6) is 0.418. The molecule has 1 heterocycles. The highest BCUT2D eigenvalue weighted by Gasteiger charge is 2.09. The van der Waals surface area contributed by atoms with Gasteiger partial charge in [0.1, 0.15) is 5.69 Å². The minimum atomic E-state index is 0.418. The average molecular weight is 216 g/mol. The molecule has 0 spiro atoms. The van der Waals surface area contributed by atoms with Crippen LogP contribution >= 0.6 is 0 Å². The molecule has 3 N–H and O–H groups in total. The van der Waals surface area contributed by atoms with Crippen molar-refractivity contribution >= 4 is 17.9 Å². The Morgan fingerprint density at radius 3 is 2.88 bits per heavy atom. The van der Waals surface area contributed by atoms with Gasteiger partial charge in [0, 0.05) is 0 Å². The molecule has 2 rings (SSSR count). The van der Waals surface area contributed by atoms with Gasteiger partial charge in [-0.15, -0.1) is 0 Å². The first-order valence-electron chi connectivity index (χ1n) is 4.83. The summed E-state index contributed by atoms with van der Waals surface area (Å²) in [6, 6.07) is 7.76.